The molecule has 1 aromatic carbocycles. The fraction of sp³-hybridized carbons (Fsp3) is 0.588. The number of benzene rings is 1. The monoisotopic (exact) mass is 327 g/mol. The first-order valence-corrected chi connectivity index (χ1v) is 7.85. The van der Waals surface area contributed by atoms with Crippen molar-refractivity contribution in [3.05, 3.63) is 29.3 Å². The van der Waals surface area contributed by atoms with Crippen molar-refractivity contribution in [3.63, 3.8) is 0 Å². The van der Waals surface area contributed by atoms with Crippen LogP contribution in [0.25, 0.3) is 0 Å². The van der Waals surface area contributed by atoms with Gasteiger partial charge in [-0.25, -0.2) is 0 Å². The molecule has 1 aliphatic heterocycles. The van der Waals surface area contributed by atoms with Gasteiger partial charge in [0, 0.05) is 11.7 Å². The average Bonchev–Trinajstić information content (AvgIpc) is 3.28. The van der Waals surface area contributed by atoms with E-state index in [-0.39, 0.29) is 6.04 Å². The molecule has 0 aromatic heterocycles. The van der Waals surface area contributed by atoms with Crippen LogP contribution in [0.4, 0.5) is 18.9 Å². The second-order valence-electron chi connectivity index (χ2n) is 6.82. The van der Waals surface area contributed by atoms with Crippen LogP contribution >= 0.6 is 0 Å². The van der Waals surface area contributed by atoms with Crippen LogP contribution in [-0.2, 0) is 22.1 Å². The van der Waals surface area contributed by atoms with E-state index in [2.05, 4.69) is 0 Å². The predicted octanol–water partition coefficient (Wildman–Crippen LogP) is 4.15. The van der Waals surface area contributed by atoms with Crippen LogP contribution < -0.4 is 4.90 Å². The quantitative estimate of drug-likeness (QED) is 0.778. The lowest BCUT2D eigenvalue weighted by Gasteiger charge is -2.47. The highest BCUT2D eigenvalue weighted by molar-refractivity contribution is 5.60. The number of aryl methyl sites for hydroxylation is 1. The molecule has 1 unspecified atom stereocenters. The van der Waals surface area contributed by atoms with Gasteiger partial charge in [-0.2, -0.15) is 13.2 Å². The Balaban J connectivity index is 2.03. The normalized spacial score (nSPS) is 21.8. The highest BCUT2D eigenvalue weighted by Gasteiger charge is 2.45. The maximum Gasteiger partial charge on any atom is 0.416 e. The summed E-state index contributed by atoms with van der Waals surface area (Å²) in [6.45, 7) is 3.97. The molecule has 1 fully saturated rings. The van der Waals surface area contributed by atoms with Gasteiger partial charge in [0.1, 0.15) is 0 Å². The molecule has 0 saturated heterocycles. The van der Waals surface area contributed by atoms with Crippen molar-refractivity contribution in [2.24, 2.45) is 5.92 Å². The summed E-state index contributed by atoms with van der Waals surface area (Å²) in [5, 5.41) is 0. The number of fused-ring (bicyclic) bond motifs is 1. The molecule has 0 N–H and O–H groups in total. The van der Waals surface area contributed by atoms with E-state index in [1.807, 2.05) is 4.90 Å². The number of hydrogen-bond donors (Lipinski definition) is 0. The van der Waals surface area contributed by atoms with Gasteiger partial charge in [0.15, 0.2) is 5.72 Å². The number of alkyl halides is 3. The topological polar surface area (TPSA) is 29.5 Å². The Bertz CT molecular complexity index is 608. The van der Waals surface area contributed by atoms with Gasteiger partial charge >= 0.3 is 6.18 Å². The van der Waals surface area contributed by atoms with Gasteiger partial charge in [-0.05, 0) is 69.2 Å². The van der Waals surface area contributed by atoms with Crippen LogP contribution in [-0.4, -0.2) is 18.2 Å². The lowest BCUT2D eigenvalue weighted by Crippen LogP contribution is -2.55. The molecule has 0 bridgehead atoms. The van der Waals surface area contributed by atoms with Gasteiger partial charge < -0.3 is 9.64 Å². The van der Waals surface area contributed by atoms with Gasteiger partial charge in [-0.15, -0.1) is 0 Å². The van der Waals surface area contributed by atoms with E-state index in [9.17, 15) is 18.0 Å². The fourth-order valence-electron chi connectivity index (χ4n) is 3.60. The van der Waals surface area contributed by atoms with Gasteiger partial charge in [0.25, 0.3) is 6.47 Å². The summed E-state index contributed by atoms with van der Waals surface area (Å²) < 4.78 is 44.1. The van der Waals surface area contributed by atoms with E-state index in [4.69, 9.17) is 4.74 Å². The Morgan fingerprint density at radius 2 is 1.91 bits per heavy atom. The minimum atomic E-state index is -4.35. The Morgan fingerprint density at radius 1 is 1.22 bits per heavy atom. The number of carbonyl (C=O) groups excluding carboxylic acids is 1. The van der Waals surface area contributed by atoms with Gasteiger partial charge in [-0.1, -0.05) is 0 Å². The summed E-state index contributed by atoms with van der Waals surface area (Å²) in [5.74, 6) is 0.528. The van der Waals surface area contributed by atoms with Crippen molar-refractivity contribution < 1.29 is 22.7 Å². The standard InChI is InChI=1S/C17H20F3NO2/c1-16(2,23-10-22)21-14(11-3-4-11)7-5-12-9-13(17(18,19)20)6-8-15(12)21/h6,8-11,14H,3-5,7H2,1-2H3. The maximum atomic E-state index is 12.9. The third-order valence-corrected chi connectivity index (χ3v) is 4.79. The van der Waals surface area contributed by atoms with Crippen LogP contribution in [0, 0.1) is 5.92 Å². The summed E-state index contributed by atoms with van der Waals surface area (Å²) in [4.78, 5) is 12.9. The van der Waals surface area contributed by atoms with E-state index in [1.54, 1.807) is 13.8 Å². The minimum absolute atomic E-state index is 0.203. The molecule has 1 atom stereocenters. The lowest BCUT2D eigenvalue weighted by molar-refractivity contribution is -0.141. The summed E-state index contributed by atoms with van der Waals surface area (Å²) in [7, 11) is 0. The maximum absolute atomic E-state index is 12.9. The van der Waals surface area contributed by atoms with Gasteiger partial charge in [0.2, 0.25) is 0 Å². The van der Waals surface area contributed by atoms with E-state index in [1.165, 1.54) is 12.1 Å². The molecule has 1 aliphatic carbocycles. The van der Waals surface area contributed by atoms with Crippen LogP contribution in [0.2, 0.25) is 0 Å². The fourth-order valence-corrected chi connectivity index (χ4v) is 3.60. The number of anilines is 1. The smallest absolute Gasteiger partial charge is 0.416 e. The Hall–Kier alpha value is -1.72. The third kappa shape index (κ3) is 3.03. The highest BCUT2D eigenvalue weighted by atomic mass is 19.4. The summed E-state index contributed by atoms with van der Waals surface area (Å²) >= 11 is 0. The number of halogens is 3. The number of ether oxygens (including phenoxy) is 1. The average molecular weight is 327 g/mol. The second-order valence-corrected chi connectivity index (χ2v) is 6.82. The lowest BCUT2D eigenvalue weighted by atomic mass is 9.90. The Labute approximate surface area is 133 Å². The number of carbonyl (C=O) groups is 1. The molecule has 1 saturated carbocycles. The SMILES string of the molecule is CC(C)(OC=O)N1c2ccc(C(F)(F)F)cc2CCC1C1CC1. The first kappa shape index (κ1) is 16.1. The van der Waals surface area contributed by atoms with Crippen LogP contribution in [0.3, 0.4) is 0 Å². The van der Waals surface area contributed by atoms with Gasteiger partial charge in [-0.3, -0.25) is 4.79 Å². The Morgan fingerprint density at radius 3 is 2.48 bits per heavy atom. The summed E-state index contributed by atoms with van der Waals surface area (Å²) in [6.07, 6.45) is -0.705. The van der Waals surface area contributed by atoms with E-state index < -0.39 is 17.5 Å². The number of rotatable bonds is 4. The molecule has 0 amide bonds. The van der Waals surface area contributed by atoms with E-state index in [0.29, 0.717) is 24.4 Å². The molecule has 23 heavy (non-hydrogen) atoms. The zero-order valence-corrected chi connectivity index (χ0v) is 13.2. The van der Waals surface area contributed by atoms with E-state index >= 15 is 0 Å². The Kier molecular flexibility index (Phi) is 3.81. The molecular weight excluding hydrogens is 307 g/mol. The molecule has 3 nitrogen and oxygen atoms in total. The van der Waals surface area contributed by atoms with Crippen molar-refractivity contribution in [3.8, 4) is 0 Å². The second kappa shape index (κ2) is 5.42. The largest absolute Gasteiger partial charge is 0.442 e. The molecule has 0 radical (unpaired) electrons. The number of nitrogens with zero attached hydrogens (tertiary/aromatic N) is 1. The zero-order chi connectivity index (χ0) is 16.8. The van der Waals surface area contributed by atoms with E-state index in [0.717, 1.165) is 31.0 Å². The minimum Gasteiger partial charge on any atom is -0.442 e. The molecular formula is C17H20F3NO2. The van der Waals surface area contributed by atoms with Crippen LogP contribution in [0.15, 0.2) is 18.2 Å². The van der Waals surface area contributed by atoms with Crippen LogP contribution in [0.1, 0.15) is 44.2 Å². The number of hydrogen-bond acceptors (Lipinski definition) is 3. The van der Waals surface area contributed by atoms with Crippen LogP contribution in [0.5, 0.6) is 0 Å². The first-order chi connectivity index (χ1) is 10.7. The summed E-state index contributed by atoms with van der Waals surface area (Å²) in [6, 6.07) is 4.05. The predicted molar refractivity (Wildman–Crippen MR) is 80.0 cm³/mol. The van der Waals surface area contributed by atoms with Crippen molar-refractivity contribution in [1.29, 1.82) is 0 Å². The molecule has 1 aromatic rings. The highest BCUT2D eigenvalue weighted by Crippen LogP contribution is 2.46. The van der Waals surface area contributed by atoms with Crippen molar-refractivity contribution in [1.82, 2.24) is 0 Å². The zero-order valence-electron chi connectivity index (χ0n) is 13.2. The van der Waals surface area contributed by atoms with Gasteiger partial charge in [0.05, 0.1) is 5.56 Å². The molecule has 1 heterocycles. The first-order valence-electron chi connectivity index (χ1n) is 7.85. The molecule has 126 valence electrons. The molecule has 6 heteroatoms. The van der Waals surface area contributed by atoms with Crippen molar-refractivity contribution in [2.75, 3.05) is 4.90 Å². The molecule has 0 spiro atoms. The van der Waals surface area contributed by atoms with Crippen molar-refractivity contribution in [2.45, 2.75) is 57.5 Å². The third-order valence-electron chi connectivity index (χ3n) is 4.79. The summed E-state index contributed by atoms with van der Waals surface area (Å²) in [5.41, 5.74) is -0.105. The molecule has 2 aliphatic rings. The van der Waals surface area contributed by atoms with Crippen molar-refractivity contribution >= 4 is 12.2 Å². The molecule has 3 rings (SSSR count).